The van der Waals surface area contributed by atoms with Gasteiger partial charge in [0.15, 0.2) is 0 Å². The molecule has 17 heavy (non-hydrogen) atoms. The number of carbonyl (C=O) groups is 1. The molecule has 1 amide bonds. The number of nitrogen functional groups attached to an aromatic ring is 1. The zero-order chi connectivity index (χ0) is 12.3. The van der Waals surface area contributed by atoms with Crippen molar-refractivity contribution in [1.82, 2.24) is 0 Å². The molecule has 0 atom stereocenters. The number of hydrogen-bond donors (Lipinski definition) is 1. The first-order valence-corrected chi connectivity index (χ1v) is 5.82. The van der Waals surface area contributed by atoms with Gasteiger partial charge in [0.1, 0.15) is 6.07 Å². The Hall–Kier alpha value is -2.02. The van der Waals surface area contributed by atoms with Gasteiger partial charge in [-0.05, 0) is 31.0 Å². The van der Waals surface area contributed by atoms with Crippen molar-refractivity contribution in [2.45, 2.75) is 25.7 Å². The maximum atomic E-state index is 12.0. The third kappa shape index (κ3) is 2.39. The van der Waals surface area contributed by atoms with Gasteiger partial charge in [-0.1, -0.05) is 6.42 Å². The van der Waals surface area contributed by atoms with E-state index in [0.29, 0.717) is 29.9 Å². The van der Waals surface area contributed by atoms with E-state index in [-0.39, 0.29) is 5.91 Å². The Bertz CT molecular complexity index is 476. The summed E-state index contributed by atoms with van der Waals surface area (Å²) in [5.74, 6) is 0.101. The Morgan fingerprint density at radius 3 is 2.88 bits per heavy atom. The topological polar surface area (TPSA) is 70.1 Å². The average Bonchev–Trinajstić information content (AvgIpc) is 2.54. The van der Waals surface area contributed by atoms with E-state index in [2.05, 4.69) is 6.07 Å². The van der Waals surface area contributed by atoms with Gasteiger partial charge in [0.2, 0.25) is 5.91 Å². The molecule has 4 heteroatoms. The fourth-order valence-corrected chi connectivity index (χ4v) is 2.12. The van der Waals surface area contributed by atoms with Gasteiger partial charge in [0, 0.05) is 18.7 Å². The molecule has 1 heterocycles. The average molecular weight is 229 g/mol. The van der Waals surface area contributed by atoms with Crippen molar-refractivity contribution in [2.24, 2.45) is 0 Å². The fourth-order valence-electron chi connectivity index (χ4n) is 2.12. The lowest BCUT2D eigenvalue weighted by Gasteiger charge is -2.21. The number of nitrogens with two attached hydrogens (primary N) is 1. The number of rotatable bonds is 1. The van der Waals surface area contributed by atoms with Crippen LogP contribution in [-0.2, 0) is 4.79 Å². The molecule has 0 radical (unpaired) electrons. The summed E-state index contributed by atoms with van der Waals surface area (Å²) in [6, 6.07) is 7.21. The van der Waals surface area contributed by atoms with Crippen LogP contribution in [0.3, 0.4) is 0 Å². The fraction of sp³-hybridized carbons (Fsp3) is 0.385. The predicted octanol–water partition coefficient (Wildman–Crippen LogP) is 2.05. The largest absolute Gasteiger partial charge is 0.399 e. The second kappa shape index (κ2) is 4.88. The molecule has 2 N–H and O–H groups in total. The van der Waals surface area contributed by atoms with Crippen LogP contribution in [0.4, 0.5) is 11.4 Å². The maximum absolute atomic E-state index is 12.0. The molecule has 0 spiro atoms. The molecular formula is C13H15N3O. The Kier molecular flexibility index (Phi) is 3.29. The van der Waals surface area contributed by atoms with Crippen molar-refractivity contribution in [3.05, 3.63) is 23.8 Å². The van der Waals surface area contributed by atoms with Gasteiger partial charge in [-0.15, -0.1) is 0 Å². The molecule has 1 aromatic carbocycles. The van der Waals surface area contributed by atoms with Gasteiger partial charge in [-0.25, -0.2) is 0 Å². The molecule has 0 saturated carbocycles. The minimum atomic E-state index is 0.101. The van der Waals surface area contributed by atoms with Crippen molar-refractivity contribution in [2.75, 3.05) is 17.2 Å². The number of hydrogen-bond acceptors (Lipinski definition) is 3. The lowest BCUT2D eigenvalue weighted by atomic mass is 10.1. The third-order valence-electron chi connectivity index (χ3n) is 3.01. The summed E-state index contributed by atoms with van der Waals surface area (Å²) in [6.45, 7) is 0.692. The van der Waals surface area contributed by atoms with E-state index in [1.165, 1.54) is 0 Å². The molecule has 1 aliphatic heterocycles. The highest BCUT2D eigenvalue weighted by atomic mass is 16.2. The van der Waals surface area contributed by atoms with Gasteiger partial charge >= 0.3 is 0 Å². The lowest BCUT2D eigenvalue weighted by molar-refractivity contribution is -0.118. The highest BCUT2D eigenvalue weighted by Crippen LogP contribution is 2.25. The molecule has 0 aromatic heterocycles. The number of nitrogens with zero attached hydrogens (tertiary/aromatic N) is 2. The Labute approximate surface area is 101 Å². The molecular weight excluding hydrogens is 214 g/mol. The zero-order valence-electron chi connectivity index (χ0n) is 9.65. The van der Waals surface area contributed by atoms with Gasteiger partial charge in [-0.3, -0.25) is 4.79 Å². The molecule has 0 bridgehead atoms. The number of anilines is 2. The second-order valence-electron chi connectivity index (χ2n) is 4.24. The highest BCUT2D eigenvalue weighted by molar-refractivity contribution is 5.95. The summed E-state index contributed by atoms with van der Waals surface area (Å²) in [6.07, 6.45) is 3.56. The normalized spacial score (nSPS) is 16.4. The number of benzene rings is 1. The monoisotopic (exact) mass is 229 g/mol. The van der Waals surface area contributed by atoms with Crippen molar-refractivity contribution < 1.29 is 4.79 Å². The highest BCUT2D eigenvalue weighted by Gasteiger charge is 2.20. The van der Waals surface area contributed by atoms with E-state index >= 15 is 0 Å². The maximum Gasteiger partial charge on any atom is 0.227 e. The van der Waals surface area contributed by atoms with Crippen LogP contribution in [0.5, 0.6) is 0 Å². The quantitative estimate of drug-likeness (QED) is 0.749. The van der Waals surface area contributed by atoms with Crippen molar-refractivity contribution in [3.63, 3.8) is 0 Å². The molecule has 4 nitrogen and oxygen atoms in total. The SMILES string of the molecule is N#Cc1cc(N)ccc1N1CCCCCC1=O. The second-order valence-corrected chi connectivity index (χ2v) is 4.24. The summed E-state index contributed by atoms with van der Waals surface area (Å²) < 4.78 is 0. The first-order valence-electron chi connectivity index (χ1n) is 5.82. The molecule has 1 saturated heterocycles. The van der Waals surface area contributed by atoms with Crippen molar-refractivity contribution >= 4 is 17.3 Å². The molecule has 1 aliphatic rings. The van der Waals surface area contributed by atoms with Crippen LogP contribution in [0.15, 0.2) is 18.2 Å². The van der Waals surface area contributed by atoms with Crippen LogP contribution in [0.25, 0.3) is 0 Å². The van der Waals surface area contributed by atoms with Gasteiger partial charge in [0.05, 0.1) is 11.3 Å². The number of amides is 1. The molecule has 88 valence electrons. The van der Waals surface area contributed by atoms with Crippen molar-refractivity contribution in [3.8, 4) is 6.07 Å². The van der Waals surface area contributed by atoms with Crippen LogP contribution in [-0.4, -0.2) is 12.5 Å². The Morgan fingerprint density at radius 2 is 2.12 bits per heavy atom. The molecule has 0 unspecified atom stereocenters. The number of carbonyl (C=O) groups excluding carboxylic acids is 1. The smallest absolute Gasteiger partial charge is 0.227 e. The van der Waals surface area contributed by atoms with Crippen molar-refractivity contribution in [1.29, 1.82) is 5.26 Å². The van der Waals surface area contributed by atoms with Crippen LogP contribution >= 0.6 is 0 Å². The third-order valence-corrected chi connectivity index (χ3v) is 3.01. The van der Waals surface area contributed by atoms with E-state index in [1.54, 1.807) is 23.1 Å². The van der Waals surface area contributed by atoms with E-state index in [0.717, 1.165) is 19.3 Å². The molecule has 1 fully saturated rings. The predicted molar refractivity (Wildman–Crippen MR) is 66.4 cm³/mol. The molecule has 2 rings (SSSR count). The van der Waals surface area contributed by atoms with E-state index in [9.17, 15) is 4.79 Å². The first-order chi connectivity index (χ1) is 8.22. The Morgan fingerprint density at radius 1 is 1.29 bits per heavy atom. The van der Waals surface area contributed by atoms with E-state index < -0.39 is 0 Å². The van der Waals surface area contributed by atoms with E-state index in [4.69, 9.17) is 11.0 Å². The van der Waals surface area contributed by atoms with Gasteiger partial charge in [-0.2, -0.15) is 5.26 Å². The number of nitriles is 1. The summed E-state index contributed by atoms with van der Waals surface area (Å²) >= 11 is 0. The van der Waals surface area contributed by atoms with E-state index in [1.807, 2.05) is 0 Å². The minimum absolute atomic E-state index is 0.101. The van der Waals surface area contributed by atoms with Crippen LogP contribution < -0.4 is 10.6 Å². The van der Waals surface area contributed by atoms with Crippen LogP contribution in [0.1, 0.15) is 31.2 Å². The summed E-state index contributed by atoms with van der Waals surface area (Å²) in [4.78, 5) is 13.7. The summed E-state index contributed by atoms with van der Waals surface area (Å²) in [7, 11) is 0. The minimum Gasteiger partial charge on any atom is -0.399 e. The summed E-state index contributed by atoms with van der Waals surface area (Å²) in [5, 5.41) is 9.09. The Balaban J connectivity index is 2.38. The lowest BCUT2D eigenvalue weighted by Crippen LogP contribution is -2.30. The van der Waals surface area contributed by atoms with Crippen LogP contribution in [0, 0.1) is 11.3 Å². The summed E-state index contributed by atoms with van der Waals surface area (Å²) in [5.41, 5.74) is 7.35. The zero-order valence-corrected chi connectivity index (χ0v) is 9.65. The van der Waals surface area contributed by atoms with Gasteiger partial charge < -0.3 is 10.6 Å². The standard InChI is InChI=1S/C13H15N3O/c14-9-10-8-11(15)5-6-12(10)16-7-3-1-2-4-13(16)17/h5-6,8H,1-4,7,15H2. The van der Waals surface area contributed by atoms with Gasteiger partial charge in [0.25, 0.3) is 0 Å². The molecule has 0 aliphatic carbocycles. The molecule has 1 aromatic rings. The van der Waals surface area contributed by atoms with Crippen LogP contribution in [0.2, 0.25) is 0 Å². The first kappa shape index (κ1) is 11.5.